The van der Waals surface area contributed by atoms with Gasteiger partial charge in [0, 0.05) is 13.1 Å². The number of benzene rings is 1. The Morgan fingerprint density at radius 2 is 2.35 bits per heavy atom. The summed E-state index contributed by atoms with van der Waals surface area (Å²) in [4.78, 5) is 23.0. The molecule has 1 N–H and O–H groups in total. The molecule has 1 saturated heterocycles. The number of amides is 1. The molecule has 1 aliphatic heterocycles. The van der Waals surface area contributed by atoms with Crippen LogP contribution in [0, 0.1) is 18.7 Å². The molecule has 1 amide bonds. The zero-order valence-corrected chi connectivity index (χ0v) is 15.1. The van der Waals surface area contributed by atoms with Gasteiger partial charge in [-0.05, 0) is 31.9 Å². The lowest BCUT2D eigenvalue weighted by Gasteiger charge is -2.31. The van der Waals surface area contributed by atoms with Crippen LogP contribution < -0.4 is 10.2 Å². The summed E-state index contributed by atoms with van der Waals surface area (Å²) in [6.07, 6.45) is 1.70. The van der Waals surface area contributed by atoms with Gasteiger partial charge in [0.2, 0.25) is 11.8 Å². The second-order valence-electron chi connectivity index (χ2n) is 6.32. The third-order valence-corrected chi connectivity index (χ3v) is 5.49. The fraction of sp³-hybridized carbons (Fsp3) is 0.412. The van der Waals surface area contributed by atoms with Gasteiger partial charge in [0.25, 0.3) is 0 Å². The molecule has 26 heavy (non-hydrogen) atoms. The summed E-state index contributed by atoms with van der Waals surface area (Å²) in [6.45, 7) is 3.33. The van der Waals surface area contributed by atoms with Crippen LogP contribution in [0.1, 0.15) is 24.6 Å². The molecule has 1 aromatic carbocycles. The van der Waals surface area contributed by atoms with Crippen molar-refractivity contribution in [2.24, 2.45) is 5.92 Å². The van der Waals surface area contributed by atoms with Crippen LogP contribution in [0.3, 0.4) is 0 Å². The average molecular weight is 375 g/mol. The minimum Gasteiger partial charge on any atom is -0.347 e. The first-order chi connectivity index (χ1) is 12.6. The number of carbonyl (C=O) groups is 1. The van der Waals surface area contributed by atoms with Crippen molar-refractivity contribution in [1.82, 2.24) is 20.4 Å². The average Bonchev–Trinajstić information content (AvgIpc) is 3.27. The second kappa shape index (κ2) is 6.99. The topological polar surface area (TPSA) is 84.2 Å². The molecule has 1 aliphatic rings. The Labute approximate surface area is 153 Å². The van der Waals surface area contributed by atoms with Gasteiger partial charge >= 0.3 is 0 Å². The Morgan fingerprint density at radius 1 is 1.46 bits per heavy atom. The first-order valence-electron chi connectivity index (χ1n) is 8.47. The lowest BCUT2D eigenvalue weighted by atomic mass is 9.97. The number of rotatable bonds is 4. The number of nitrogens with one attached hydrogen (secondary N) is 1. The van der Waals surface area contributed by atoms with E-state index in [1.807, 2.05) is 6.07 Å². The molecule has 7 nitrogen and oxygen atoms in total. The van der Waals surface area contributed by atoms with E-state index >= 15 is 0 Å². The molecule has 136 valence electrons. The molecule has 1 atom stereocenters. The summed E-state index contributed by atoms with van der Waals surface area (Å²) < 4.78 is 19.7. The Balaban J connectivity index is 1.42. The number of carbonyl (C=O) groups excluding carboxylic acids is 1. The van der Waals surface area contributed by atoms with Crippen molar-refractivity contribution in [2.75, 3.05) is 18.0 Å². The number of aromatic nitrogens is 3. The van der Waals surface area contributed by atoms with E-state index in [4.69, 9.17) is 4.52 Å². The van der Waals surface area contributed by atoms with Crippen LogP contribution in [-0.2, 0) is 11.3 Å². The normalized spacial score (nSPS) is 17.6. The van der Waals surface area contributed by atoms with Crippen LogP contribution in [0.15, 0.2) is 22.7 Å². The molecular weight excluding hydrogens is 357 g/mol. The maximum Gasteiger partial charge on any atom is 0.246 e. The minimum absolute atomic E-state index is 0.0437. The quantitative estimate of drug-likeness (QED) is 0.755. The highest BCUT2D eigenvalue weighted by Gasteiger charge is 2.27. The van der Waals surface area contributed by atoms with Gasteiger partial charge in [-0.25, -0.2) is 9.37 Å². The van der Waals surface area contributed by atoms with Crippen LogP contribution in [0.25, 0.3) is 10.2 Å². The van der Waals surface area contributed by atoms with Gasteiger partial charge in [-0.2, -0.15) is 4.98 Å². The molecule has 2 aromatic heterocycles. The molecular formula is C17H18FN5O2S. The van der Waals surface area contributed by atoms with E-state index in [-0.39, 0.29) is 24.2 Å². The van der Waals surface area contributed by atoms with Gasteiger partial charge in [0.1, 0.15) is 11.3 Å². The number of nitrogens with zero attached hydrogens (tertiary/aromatic N) is 4. The maximum absolute atomic E-state index is 13.9. The van der Waals surface area contributed by atoms with Crippen LogP contribution in [0.4, 0.5) is 9.52 Å². The fourth-order valence-corrected chi connectivity index (χ4v) is 4.14. The Hall–Kier alpha value is -2.55. The van der Waals surface area contributed by atoms with E-state index in [1.165, 1.54) is 17.4 Å². The molecule has 4 rings (SSSR count). The van der Waals surface area contributed by atoms with Crippen LogP contribution in [0.2, 0.25) is 0 Å². The Bertz CT molecular complexity index is 940. The zero-order valence-electron chi connectivity index (χ0n) is 14.2. The summed E-state index contributed by atoms with van der Waals surface area (Å²) in [7, 11) is 0. The predicted molar refractivity (Wildman–Crippen MR) is 95.4 cm³/mol. The zero-order chi connectivity index (χ0) is 18.1. The van der Waals surface area contributed by atoms with Crippen molar-refractivity contribution in [2.45, 2.75) is 26.3 Å². The maximum atomic E-state index is 13.9. The number of halogens is 1. The minimum atomic E-state index is -0.314. The summed E-state index contributed by atoms with van der Waals surface area (Å²) in [5, 5.41) is 7.31. The second-order valence-corrected chi connectivity index (χ2v) is 7.33. The third-order valence-electron chi connectivity index (χ3n) is 4.40. The first-order valence-corrected chi connectivity index (χ1v) is 9.28. The lowest BCUT2D eigenvalue weighted by molar-refractivity contribution is -0.125. The monoisotopic (exact) mass is 375 g/mol. The number of para-hydroxylation sites is 1. The van der Waals surface area contributed by atoms with E-state index in [0.717, 1.165) is 29.2 Å². The van der Waals surface area contributed by atoms with E-state index in [0.29, 0.717) is 23.8 Å². The van der Waals surface area contributed by atoms with Crippen LogP contribution in [0.5, 0.6) is 0 Å². The molecule has 0 saturated carbocycles. The van der Waals surface area contributed by atoms with Crippen LogP contribution >= 0.6 is 11.3 Å². The highest BCUT2D eigenvalue weighted by atomic mass is 32.1. The summed E-state index contributed by atoms with van der Waals surface area (Å²) in [5.74, 6) is 0.431. The summed E-state index contributed by atoms with van der Waals surface area (Å²) >= 11 is 1.45. The van der Waals surface area contributed by atoms with Crippen molar-refractivity contribution in [3.63, 3.8) is 0 Å². The molecule has 0 radical (unpaired) electrons. The van der Waals surface area contributed by atoms with Crippen molar-refractivity contribution < 1.29 is 13.7 Å². The standard InChI is InChI=1S/C17H18FN5O2S/c1-10-20-14(25-22-10)8-19-16(24)11-4-3-7-23(9-11)17-21-15-12(18)5-2-6-13(15)26-17/h2,5-6,11H,3-4,7-9H2,1H3,(H,19,24). The smallest absolute Gasteiger partial charge is 0.246 e. The number of aryl methyl sites for hydroxylation is 1. The summed E-state index contributed by atoms with van der Waals surface area (Å²) in [6, 6.07) is 4.96. The van der Waals surface area contributed by atoms with Crippen molar-refractivity contribution in [3.8, 4) is 0 Å². The van der Waals surface area contributed by atoms with E-state index < -0.39 is 0 Å². The van der Waals surface area contributed by atoms with Gasteiger partial charge in [-0.1, -0.05) is 22.6 Å². The van der Waals surface area contributed by atoms with E-state index in [2.05, 4.69) is 25.3 Å². The molecule has 1 unspecified atom stereocenters. The van der Waals surface area contributed by atoms with E-state index in [9.17, 15) is 9.18 Å². The van der Waals surface area contributed by atoms with Gasteiger partial charge in [-0.3, -0.25) is 4.79 Å². The number of thiazole rings is 1. The first kappa shape index (κ1) is 16.9. The molecule has 9 heteroatoms. The third kappa shape index (κ3) is 3.39. The van der Waals surface area contributed by atoms with Crippen molar-refractivity contribution in [1.29, 1.82) is 0 Å². The number of piperidine rings is 1. The molecule has 3 aromatic rings. The van der Waals surface area contributed by atoms with Gasteiger partial charge in [0.15, 0.2) is 11.0 Å². The van der Waals surface area contributed by atoms with E-state index in [1.54, 1.807) is 13.0 Å². The Kier molecular flexibility index (Phi) is 4.54. The highest BCUT2D eigenvalue weighted by Crippen LogP contribution is 2.32. The summed E-state index contributed by atoms with van der Waals surface area (Å²) in [5.41, 5.74) is 0.394. The molecule has 3 heterocycles. The van der Waals surface area contributed by atoms with Gasteiger partial charge in [-0.15, -0.1) is 0 Å². The van der Waals surface area contributed by atoms with Gasteiger partial charge < -0.3 is 14.7 Å². The van der Waals surface area contributed by atoms with Crippen molar-refractivity contribution >= 4 is 32.6 Å². The predicted octanol–water partition coefficient (Wildman–Crippen LogP) is 2.66. The lowest BCUT2D eigenvalue weighted by Crippen LogP contribution is -2.43. The molecule has 0 bridgehead atoms. The Morgan fingerprint density at radius 3 is 3.12 bits per heavy atom. The largest absolute Gasteiger partial charge is 0.347 e. The van der Waals surface area contributed by atoms with Crippen molar-refractivity contribution in [3.05, 3.63) is 35.7 Å². The molecule has 0 spiro atoms. The van der Waals surface area contributed by atoms with Crippen LogP contribution in [-0.4, -0.2) is 34.1 Å². The number of anilines is 1. The fourth-order valence-electron chi connectivity index (χ4n) is 3.12. The SMILES string of the molecule is Cc1noc(CNC(=O)C2CCCN(c3nc4c(F)cccc4s3)C2)n1. The van der Waals surface area contributed by atoms with Gasteiger partial charge in [0.05, 0.1) is 17.2 Å². The molecule has 1 fully saturated rings. The highest BCUT2D eigenvalue weighted by molar-refractivity contribution is 7.22. The number of hydrogen-bond acceptors (Lipinski definition) is 7. The molecule has 0 aliphatic carbocycles. The number of hydrogen-bond donors (Lipinski definition) is 1. The number of fused-ring (bicyclic) bond motifs is 1.